The van der Waals surface area contributed by atoms with Gasteiger partial charge in [0.05, 0.1) is 24.8 Å². The van der Waals surface area contributed by atoms with Gasteiger partial charge in [0, 0.05) is 0 Å². The molecule has 0 aliphatic rings. The van der Waals surface area contributed by atoms with E-state index in [-0.39, 0.29) is 13.2 Å². The number of carbonyl (C=O) groups is 1. The van der Waals surface area contributed by atoms with Crippen LogP contribution in [0.4, 0.5) is 0 Å². The number of aliphatic hydroxyl groups is 2. The maximum absolute atomic E-state index is 11.7. The highest BCUT2D eigenvalue weighted by atomic mass is 16.5. The summed E-state index contributed by atoms with van der Waals surface area (Å²) < 4.78 is 5.39. The van der Waals surface area contributed by atoms with Crippen molar-refractivity contribution in [2.75, 3.05) is 13.2 Å². The van der Waals surface area contributed by atoms with Gasteiger partial charge in [-0.05, 0) is 19.1 Å². The number of hydrogen-bond acceptors (Lipinski definition) is 5. The fourth-order valence-corrected chi connectivity index (χ4v) is 1.37. The molecule has 0 aliphatic heterocycles. The molecule has 0 saturated carbocycles. The number of benzene rings is 1. The molecule has 1 rings (SSSR count). The highest BCUT2D eigenvalue weighted by molar-refractivity contribution is 5.81. The third-order valence-corrected chi connectivity index (χ3v) is 2.47. The van der Waals surface area contributed by atoms with Gasteiger partial charge in [-0.1, -0.05) is 12.1 Å². The Hall–Kier alpha value is -2.10. The number of ether oxygens (including phenoxy) is 1. The number of nitrogens with one attached hydrogen (secondary N) is 1. The highest BCUT2D eigenvalue weighted by Crippen LogP contribution is 2.18. The average molecular weight is 264 g/mol. The zero-order chi connectivity index (χ0) is 14.3. The number of nitriles is 1. The maximum Gasteiger partial charge on any atom is 0.261 e. The average Bonchev–Trinajstić information content (AvgIpc) is 2.44. The summed E-state index contributed by atoms with van der Waals surface area (Å²) in [4.78, 5) is 11.7. The van der Waals surface area contributed by atoms with E-state index in [1.165, 1.54) is 6.92 Å². The Morgan fingerprint density at radius 2 is 2.05 bits per heavy atom. The van der Waals surface area contributed by atoms with Gasteiger partial charge in [-0.15, -0.1) is 0 Å². The van der Waals surface area contributed by atoms with Crippen LogP contribution in [-0.4, -0.2) is 41.5 Å². The molecule has 0 radical (unpaired) electrons. The molecule has 0 spiro atoms. The summed E-state index contributed by atoms with van der Waals surface area (Å²) in [5, 5.41) is 29.1. The lowest BCUT2D eigenvalue weighted by Gasteiger charge is -2.18. The highest BCUT2D eigenvalue weighted by Gasteiger charge is 2.19. The molecular weight excluding hydrogens is 248 g/mol. The van der Waals surface area contributed by atoms with Crippen molar-refractivity contribution >= 4 is 5.91 Å². The van der Waals surface area contributed by atoms with Gasteiger partial charge in [-0.25, -0.2) is 0 Å². The number of para-hydroxylation sites is 1. The van der Waals surface area contributed by atoms with Crippen molar-refractivity contribution in [3.8, 4) is 11.8 Å². The van der Waals surface area contributed by atoms with E-state index in [1.54, 1.807) is 24.3 Å². The molecule has 0 bridgehead atoms. The van der Waals surface area contributed by atoms with E-state index < -0.39 is 18.1 Å². The summed E-state index contributed by atoms with van der Waals surface area (Å²) in [5.74, 6) is -0.155. The molecular formula is C13H16N2O4. The molecule has 6 nitrogen and oxygen atoms in total. The van der Waals surface area contributed by atoms with E-state index in [4.69, 9.17) is 20.2 Å². The molecule has 0 saturated heterocycles. The number of rotatable bonds is 6. The van der Waals surface area contributed by atoms with Crippen LogP contribution in [0.3, 0.4) is 0 Å². The molecule has 1 aromatic carbocycles. The molecule has 1 atom stereocenters. The molecule has 102 valence electrons. The second kappa shape index (κ2) is 7.36. The van der Waals surface area contributed by atoms with Gasteiger partial charge in [0.2, 0.25) is 0 Å². The van der Waals surface area contributed by atoms with Crippen LogP contribution in [-0.2, 0) is 4.79 Å². The van der Waals surface area contributed by atoms with Crippen LogP contribution in [0.2, 0.25) is 0 Å². The van der Waals surface area contributed by atoms with E-state index >= 15 is 0 Å². The Kier molecular flexibility index (Phi) is 5.79. The number of amides is 1. The first-order valence-corrected chi connectivity index (χ1v) is 5.80. The molecule has 1 unspecified atom stereocenters. The van der Waals surface area contributed by atoms with Crippen molar-refractivity contribution in [1.29, 1.82) is 5.26 Å². The van der Waals surface area contributed by atoms with E-state index in [0.717, 1.165) is 0 Å². The largest absolute Gasteiger partial charge is 0.480 e. The first kappa shape index (κ1) is 15.0. The van der Waals surface area contributed by atoms with Crippen LogP contribution >= 0.6 is 0 Å². The van der Waals surface area contributed by atoms with Crippen LogP contribution in [0.15, 0.2) is 24.3 Å². The summed E-state index contributed by atoms with van der Waals surface area (Å²) >= 11 is 0. The van der Waals surface area contributed by atoms with Crippen LogP contribution in [0, 0.1) is 11.3 Å². The van der Waals surface area contributed by atoms with Crippen molar-refractivity contribution in [3.63, 3.8) is 0 Å². The van der Waals surface area contributed by atoms with Crippen molar-refractivity contribution in [3.05, 3.63) is 29.8 Å². The summed E-state index contributed by atoms with van der Waals surface area (Å²) in [5.41, 5.74) is 0.336. The Balaban J connectivity index is 2.66. The monoisotopic (exact) mass is 264 g/mol. The number of carbonyl (C=O) groups excluding carboxylic acids is 1. The molecule has 19 heavy (non-hydrogen) atoms. The molecule has 0 heterocycles. The molecule has 3 N–H and O–H groups in total. The van der Waals surface area contributed by atoms with Gasteiger partial charge < -0.3 is 20.3 Å². The van der Waals surface area contributed by atoms with E-state index in [9.17, 15) is 4.79 Å². The third-order valence-electron chi connectivity index (χ3n) is 2.47. The SMILES string of the molecule is CC(Oc1ccccc1C#N)C(=O)NC(CO)CO. The van der Waals surface area contributed by atoms with Gasteiger partial charge >= 0.3 is 0 Å². The van der Waals surface area contributed by atoms with Crippen LogP contribution in [0.1, 0.15) is 12.5 Å². The van der Waals surface area contributed by atoms with Crippen molar-refractivity contribution in [1.82, 2.24) is 5.32 Å². The quantitative estimate of drug-likeness (QED) is 0.660. The smallest absolute Gasteiger partial charge is 0.261 e. The lowest BCUT2D eigenvalue weighted by molar-refractivity contribution is -0.128. The van der Waals surface area contributed by atoms with Gasteiger partial charge in [0.25, 0.3) is 5.91 Å². The van der Waals surface area contributed by atoms with Crippen LogP contribution in [0.5, 0.6) is 5.75 Å². The molecule has 6 heteroatoms. The Labute approximate surface area is 111 Å². The van der Waals surface area contributed by atoms with E-state index in [0.29, 0.717) is 11.3 Å². The normalized spacial score (nSPS) is 11.7. The second-order valence-corrected chi connectivity index (χ2v) is 3.94. The topological polar surface area (TPSA) is 103 Å². The van der Waals surface area contributed by atoms with Crippen molar-refractivity contribution < 1.29 is 19.7 Å². The predicted octanol–water partition coefficient (Wildman–Crippen LogP) is -0.205. The molecule has 0 fully saturated rings. The first-order valence-electron chi connectivity index (χ1n) is 5.80. The molecule has 0 aliphatic carbocycles. The van der Waals surface area contributed by atoms with Gasteiger partial charge in [0.15, 0.2) is 6.10 Å². The van der Waals surface area contributed by atoms with Crippen LogP contribution < -0.4 is 10.1 Å². The summed E-state index contributed by atoms with van der Waals surface area (Å²) in [6, 6.07) is 7.83. The summed E-state index contributed by atoms with van der Waals surface area (Å²) in [7, 11) is 0. The fraction of sp³-hybridized carbons (Fsp3) is 0.385. The number of aliphatic hydroxyl groups excluding tert-OH is 2. The van der Waals surface area contributed by atoms with Gasteiger partial charge in [0.1, 0.15) is 11.8 Å². The van der Waals surface area contributed by atoms with E-state index in [2.05, 4.69) is 5.32 Å². The molecule has 0 aromatic heterocycles. The number of nitrogens with zero attached hydrogens (tertiary/aromatic N) is 1. The van der Waals surface area contributed by atoms with Crippen LogP contribution in [0.25, 0.3) is 0 Å². The Morgan fingerprint density at radius 3 is 2.63 bits per heavy atom. The Morgan fingerprint density at radius 1 is 1.42 bits per heavy atom. The van der Waals surface area contributed by atoms with Gasteiger partial charge in [-0.2, -0.15) is 5.26 Å². The third kappa shape index (κ3) is 4.25. The lowest BCUT2D eigenvalue weighted by Crippen LogP contribution is -2.45. The zero-order valence-electron chi connectivity index (χ0n) is 10.5. The zero-order valence-corrected chi connectivity index (χ0v) is 10.5. The second-order valence-electron chi connectivity index (χ2n) is 3.94. The first-order chi connectivity index (χ1) is 9.12. The molecule has 1 aromatic rings. The predicted molar refractivity (Wildman–Crippen MR) is 67.3 cm³/mol. The van der Waals surface area contributed by atoms with Crippen molar-refractivity contribution in [2.45, 2.75) is 19.1 Å². The summed E-state index contributed by atoms with van der Waals surface area (Å²) in [6.45, 7) is 0.808. The van der Waals surface area contributed by atoms with Gasteiger partial charge in [-0.3, -0.25) is 4.79 Å². The minimum atomic E-state index is -0.838. The van der Waals surface area contributed by atoms with E-state index in [1.807, 2.05) is 6.07 Å². The fourth-order valence-electron chi connectivity index (χ4n) is 1.37. The minimum absolute atomic E-state index is 0.317. The van der Waals surface area contributed by atoms with Crippen molar-refractivity contribution in [2.24, 2.45) is 0 Å². The maximum atomic E-state index is 11.7. The lowest BCUT2D eigenvalue weighted by atomic mass is 10.2. The Bertz CT molecular complexity index is 466. The number of hydrogen-bond donors (Lipinski definition) is 3. The summed E-state index contributed by atoms with van der Waals surface area (Å²) in [6.07, 6.45) is -0.838. The minimum Gasteiger partial charge on any atom is -0.480 e. The standard InChI is InChI=1S/C13H16N2O4/c1-9(13(18)15-11(7-16)8-17)19-12-5-3-2-4-10(12)6-14/h2-5,9,11,16-17H,7-8H2,1H3,(H,15,18). The molecule has 1 amide bonds.